The number of nitrogens with zero attached hydrogens (tertiary/aromatic N) is 7. The van der Waals surface area contributed by atoms with Crippen molar-refractivity contribution in [2.75, 3.05) is 31.7 Å². The smallest absolute Gasteiger partial charge is 0.200 e. The molecular weight excluding hydrogens is 554 g/mol. The van der Waals surface area contributed by atoms with Gasteiger partial charge in [-0.15, -0.1) is 10.2 Å². The SMILES string of the molecule is C[C@@H](COCc1nnn(C)n1)NC1CCC(Cc2cc(-c3cccc(NCC4(C#N)CCOCC4)n3)c(Cl)cn2)CC1. The maximum absolute atomic E-state index is 9.77. The summed E-state index contributed by atoms with van der Waals surface area (Å²) in [4.78, 5) is 10.9. The van der Waals surface area contributed by atoms with Crippen molar-refractivity contribution in [1.29, 1.82) is 5.26 Å². The molecule has 5 rings (SSSR count). The molecule has 1 aliphatic heterocycles. The van der Waals surface area contributed by atoms with Gasteiger partial charge in [-0.1, -0.05) is 17.7 Å². The van der Waals surface area contributed by atoms with E-state index in [4.69, 9.17) is 26.1 Å². The zero-order valence-electron chi connectivity index (χ0n) is 24.4. The molecule has 1 atom stereocenters. The number of hydrogen-bond acceptors (Lipinski definition) is 10. The number of halogens is 1. The number of rotatable bonds is 12. The van der Waals surface area contributed by atoms with E-state index in [1.165, 1.54) is 4.80 Å². The Bertz CT molecular complexity index is 1350. The maximum Gasteiger partial charge on any atom is 0.200 e. The number of nitrogens with one attached hydrogen (secondary N) is 2. The lowest BCUT2D eigenvalue weighted by atomic mass is 9.82. The minimum atomic E-state index is -0.423. The fraction of sp³-hybridized carbons (Fsp3) is 0.600. The Hall–Kier alpha value is -3.17. The van der Waals surface area contributed by atoms with Crippen LogP contribution in [0.5, 0.6) is 0 Å². The highest BCUT2D eigenvalue weighted by molar-refractivity contribution is 6.33. The summed E-state index contributed by atoms with van der Waals surface area (Å²) in [6, 6.07) is 11.2. The first-order valence-electron chi connectivity index (χ1n) is 14.8. The molecule has 1 saturated carbocycles. The molecule has 1 saturated heterocycles. The third-order valence-electron chi connectivity index (χ3n) is 8.25. The maximum atomic E-state index is 9.77. The van der Waals surface area contributed by atoms with Crippen molar-refractivity contribution < 1.29 is 9.47 Å². The summed E-state index contributed by atoms with van der Waals surface area (Å²) in [5.74, 6) is 1.92. The van der Waals surface area contributed by atoms with Gasteiger partial charge in [0, 0.05) is 49.3 Å². The van der Waals surface area contributed by atoms with Gasteiger partial charge in [-0.2, -0.15) is 10.1 Å². The molecular formula is C30H40ClN9O2. The van der Waals surface area contributed by atoms with E-state index in [1.807, 2.05) is 18.2 Å². The van der Waals surface area contributed by atoms with Crippen molar-refractivity contribution in [2.45, 2.75) is 70.6 Å². The van der Waals surface area contributed by atoms with E-state index in [9.17, 15) is 5.26 Å². The van der Waals surface area contributed by atoms with Crippen molar-refractivity contribution in [1.82, 2.24) is 35.5 Å². The predicted molar refractivity (Wildman–Crippen MR) is 160 cm³/mol. The second kappa shape index (κ2) is 14.3. The number of aromatic nitrogens is 6. The average Bonchev–Trinajstić information content (AvgIpc) is 3.43. The topological polar surface area (TPSA) is 136 Å². The van der Waals surface area contributed by atoms with Crippen LogP contribution in [0.1, 0.15) is 57.0 Å². The van der Waals surface area contributed by atoms with Crippen molar-refractivity contribution in [2.24, 2.45) is 18.4 Å². The summed E-state index contributed by atoms with van der Waals surface area (Å²) in [5.41, 5.74) is 2.29. The molecule has 3 aromatic heterocycles. The van der Waals surface area contributed by atoms with Gasteiger partial charge >= 0.3 is 0 Å². The van der Waals surface area contributed by atoms with Crippen molar-refractivity contribution >= 4 is 17.4 Å². The van der Waals surface area contributed by atoms with Gasteiger partial charge in [-0.05, 0) is 81.2 Å². The number of tetrazole rings is 1. The monoisotopic (exact) mass is 593 g/mol. The summed E-state index contributed by atoms with van der Waals surface area (Å²) in [5, 5.41) is 29.4. The Morgan fingerprint density at radius 2 is 2.05 bits per heavy atom. The van der Waals surface area contributed by atoms with Crippen LogP contribution in [0.2, 0.25) is 5.02 Å². The second-order valence-corrected chi connectivity index (χ2v) is 12.0. The molecule has 2 aliphatic rings. The molecule has 2 N–H and O–H groups in total. The third kappa shape index (κ3) is 8.22. The fourth-order valence-corrected chi connectivity index (χ4v) is 6.01. The normalized spacial score (nSPS) is 21.0. The van der Waals surface area contributed by atoms with Crippen LogP contribution in [0.25, 0.3) is 11.3 Å². The Morgan fingerprint density at radius 1 is 1.24 bits per heavy atom. The number of hydrogen-bond donors (Lipinski definition) is 2. The number of ether oxygens (including phenoxy) is 2. The van der Waals surface area contributed by atoms with Crippen LogP contribution in [0.4, 0.5) is 5.82 Å². The molecule has 1 aliphatic carbocycles. The van der Waals surface area contributed by atoms with Crippen LogP contribution >= 0.6 is 11.6 Å². The van der Waals surface area contributed by atoms with Crippen LogP contribution in [0.15, 0.2) is 30.5 Å². The minimum absolute atomic E-state index is 0.253. The highest BCUT2D eigenvalue weighted by atomic mass is 35.5. The highest BCUT2D eigenvalue weighted by Crippen LogP contribution is 2.32. The van der Waals surface area contributed by atoms with Crippen LogP contribution in [-0.2, 0) is 29.5 Å². The molecule has 3 aromatic rings. The van der Waals surface area contributed by atoms with Crippen LogP contribution in [0, 0.1) is 22.7 Å². The van der Waals surface area contributed by atoms with Crippen LogP contribution in [-0.4, -0.2) is 68.6 Å². The van der Waals surface area contributed by atoms with Gasteiger partial charge in [0.2, 0.25) is 0 Å². The highest BCUT2D eigenvalue weighted by Gasteiger charge is 2.32. The quantitative estimate of drug-likeness (QED) is 0.312. The summed E-state index contributed by atoms with van der Waals surface area (Å²) < 4.78 is 11.2. The number of aryl methyl sites for hydroxylation is 1. The molecule has 0 radical (unpaired) electrons. The van der Waals surface area contributed by atoms with Gasteiger partial charge in [0.25, 0.3) is 0 Å². The molecule has 0 aromatic carbocycles. The molecule has 0 unspecified atom stereocenters. The lowest BCUT2D eigenvalue weighted by Crippen LogP contribution is -2.41. The van der Waals surface area contributed by atoms with Crippen molar-refractivity contribution in [3.63, 3.8) is 0 Å². The summed E-state index contributed by atoms with van der Waals surface area (Å²) >= 11 is 6.60. The van der Waals surface area contributed by atoms with Gasteiger partial charge in [0.1, 0.15) is 12.4 Å². The van der Waals surface area contributed by atoms with E-state index in [0.29, 0.717) is 55.8 Å². The van der Waals surface area contributed by atoms with E-state index in [-0.39, 0.29) is 6.04 Å². The lowest BCUT2D eigenvalue weighted by Gasteiger charge is -2.31. The first kappa shape index (κ1) is 30.3. The van der Waals surface area contributed by atoms with E-state index in [2.05, 4.69) is 50.1 Å². The first-order chi connectivity index (χ1) is 20.4. The van der Waals surface area contributed by atoms with Crippen LogP contribution < -0.4 is 10.6 Å². The van der Waals surface area contributed by atoms with E-state index >= 15 is 0 Å². The summed E-state index contributed by atoms with van der Waals surface area (Å²) in [6.45, 7) is 4.91. The largest absolute Gasteiger partial charge is 0.381 e. The van der Waals surface area contributed by atoms with Gasteiger partial charge in [0.15, 0.2) is 5.82 Å². The Morgan fingerprint density at radius 3 is 2.79 bits per heavy atom. The number of nitriles is 1. The average molecular weight is 594 g/mol. The lowest BCUT2D eigenvalue weighted by molar-refractivity contribution is 0.0455. The summed E-state index contributed by atoms with van der Waals surface area (Å²) in [7, 11) is 1.75. The standard InChI is InChI=1S/C30H40ClN9O2/c1-21(17-42-18-29-37-39-40(2)38-29)35-23-8-6-22(7-9-23)14-24-15-25(26(31)16-33-24)27-4-3-5-28(36-27)34-20-30(19-32)10-12-41-13-11-30/h3-5,15-16,21-23,35H,6-14,17-18,20H2,1-2H3,(H,34,36)/t21-,22?,23?/m0/s1. The first-order valence-corrected chi connectivity index (χ1v) is 15.2. The second-order valence-electron chi connectivity index (χ2n) is 11.6. The summed E-state index contributed by atoms with van der Waals surface area (Å²) in [6.07, 6.45) is 8.68. The Kier molecular flexibility index (Phi) is 10.3. The van der Waals surface area contributed by atoms with E-state index < -0.39 is 5.41 Å². The molecule has 0 bridgehead atoms. The number of pyridine rings is 2. The molecule has 0 spiro atoms. The van der Waals surface area contributed by atoms with E-state index in [1.54, 1.807) is 13.2 Å². The predicted octanol–water partition coefficient (Wildman–Crippen LogP) is 4.35. The number of anilines is 1. The molecule has 12 heteroatoms. The van der Waals surface area contributed by atoms with Crippen molar-refractivity contribution in [3.8, 4) is 17.3 Å². The molecule has 4 heterocycles. The van der Waals surface area contributed by atoms with Gasteiger partial charge in [-0.25, -0.2) is 4.98 Å². The van der Waals surface area contributed by atoms with Gasteiger partial charge < -0.3 is 20.1 Å². The zero-order chi connectivity index (χ0) is 29.4. The Labute approximate surface area is 252 Å². The molecule has 224 valence electrons. The Balaban J connectivity index is 1.10. The molecule has 11 nitrogen and oxygen atoms in total. The van der Waals surface area contributed by atoms with Crippen LogP contribution in [0.3, 0.4) is 0 Å². The van der Waals surface area contributed by atoms with Gasteiger partial charge in [-0.3, -0.25) is 4.98 Å². The minimum Gasteiger partial charge on any atom is -0.381 e. The van der Waals surface area contributed by atoms with Gasteiger partial charge in [0.05, 0.1) is 35.9 Å². The zero-order valence-corrected chi connectivity index (χ0v) is 25.2. The molecule has 0 amide bonds. The fourth-order valence-electron chi connectivity index (χ4n) is 5.81. The molecule has 42 heavy (non-hydrogen) atoms. The van der Waals surface area contributed by atoms with Crippen molar-refractivity contribution in [3.05, 3.63) is 47.0 Å². The molecule has 2 fully saturated rings. The third-order valence-corrected chi connectivity index (χ3v) is 8.55. The van der Waals surface area contributed by atoms with E-state index in [0.717, 1.165) is 67.7 Å².